The van der Waals surface area contributed by atoms with Gasteiger partial charge < -0.3 is 15.7 Å². The summed E-state index contributed by atoms with van der Waals surface area (Å²) in [6.45, 7) is 3.75. The van der Waals surface area contributed by atoms with Crippen LogP contribution in [0, 0.1) is 5.92 Å². The highest BCUT2D eigenvalue weighted by molar-refractivity contribution is 7.99. The van der Waals surface area contributed by atoms with Crippen LogP contribution in [-0.2, 0) is 4.79 Å². The molecule has 3 unspecified atom stereocenters. The lowest BCUT2D eigenvalue weighted by Gasteiger charge is -2.22. The van der Waals surface area contributed by atoms with Crippen LogP contribution in [0.15, 0.2) is 0 Å². The number of rotatable bonds is 6. The number of carbonyl (C=O) groups is 2. The molecule has 1 rings (SSSR count). The molecule has 19 heavy (non-hydrogen) atoms. The summed E-state index contributed by atoms with van der Waals surface area (Å²) in [5.74, 6) is -1.05. The highest BCUT2D eigenvalue weighted by atomic mass is 32.2. The van der Waals surface area contributed by atoms with Crippen molar-refractivity contribution >= 4 is 23.8 Å². The molecule has 0 aromatic rings. The number of thioether (sulfide) groups is 1. The lowest BCUT2D eigenvalue weighted by molar-refractivity contribution is -0.140. The minimum atomic E-state index is -0.974. The molecule has 0 aromatic heterocycles. The Hall–Kier alpha value is -0.910. The normalized spacial score (nSPS) is 25.6. The van der Waals surface area contributed by atoms with Crippen LogP contribution in [0.5, 0.6) is 0 Å². The van der Waals surface area contributed by atoms with Gasteiger partial charge in [0.25, 0.3) is 0 Å². The summed E-state index contributed by atoms with van der Waals surface area (Å²) in [5, 5.41) is 15.2. The Balaban J connectivity index is 2.43. The Labute approximate surface area is 118 Å². The molecule has 6 heteroatoms. The molecule has 0 spiro atoms. The third-order valence-corrected chi connectivity index (χ3v) is 4.91. The van der Waals surface area contributed by atoms with Gasteiger partial charge in [-0.2, -0.15) is 11.8 Å². The zero-order valence-corrected chi connectivity index (χ0v) is 12.6. The smallest absolute Gasteiger partial charge is 0.326 e. The molecule has 0 saturated heterocycles. The number of carboxylic acids is 1. The van der Waals surface area contributed by atoms with Gasteiger partial charge in [0.05, 0.1) is 0 Å². The Kier molecular flexibility index (Phi) is 6.48. The summed E-state index contributed by atoms with van der Waals surface area (Å²) in [6.07, 6.45) is 5.85. The molecule has 1 saturated carbocycles. The third-order valence-electron chi connectivity index (χ3n) is 3.82. The van der Waals surface area contributed by atoms with E-state index in [2.05, 4.69) is 16.9 Å². The second-order valence-corrected chi connectivity index (χ2v) is 6.32. The summed E-state index contributed by atoms with van der Waals surface area (Å²) >= 11 is 1.82. The average molecular weight is 288 g/mol. The van der Waals surface area contributed by atoms with Gasteiger partial charge in [0, 0.05) is 11.3 Å². The van der Waals surface area contributed by atoms with Gasteiger partial charge in [-0.05, 0) is 31.4 Å². The highest BCUT2D eigenvalue weighted by Gasteiger charge is 2.28. The highest BCUT2D eigenvalue weighted by Crippen LogP contribution is 2.28. The lowest BCUT2D eigenvalue weighted by atomic mass is 9.99. The Bertz CT molecular complexity index is 325. The van der Waals surface area contributed by atoms with E-state index in [4.69, 9.17) is 5.11 Å². The molecule has 2 amide bonds. The Morgan fingerprint density at radius 3 is 2.58 bits per heavy atom. The largest absolute Gasteiger partial charge is 0.480 e. The summed E-state index contributed by atoms with van der Waals surface area (Å²) in [5.41, 5.74) is 0. The van der Waals surface area contributed by atoms with Crippen molar-refractivity contribution in [2.75, 3.05) is 6.26 Å². The number of hydrogen-bond donors (Lipinski definition) is 3. The number of aliphatic carboxylic acids is 1. The Morgan fingerprint density at radius 2 is 2.11 bits per heavy atom. The maximum Gasteiger partial charge on any atom is 0.326 e. The monoisotopic (exact) mass is 288 g/mol. The fourth-order valence-electron chi connectivity index (χ4n) is 2.34. The maximum absolute atomic E-state index is 11.8. The standard InChI is InChI=1S/C13H24N2O3S/c1-4-8(2)11(12(16)17)15-13(18)14-9-5-6-10(7-9)19-3/h8-11H,4-7H2,1-3H3,(H,16,17)(H2,14,15,18)/t8?,9?,10?,11-/m0/s1. The van der Waals surface area contributed by atoms with Gasteiger partial charge in [0.2, 0.25) is 0 Å². The van der Waals surface area contributed by atoms with Gasteiger partial charge in [0.1, 0.15) is 6.04 Å². The van der Waals surface area contributed by atoms with Gasteiger partial charge in [-0.1, -0.05) is 20.3 Å². The first-order valence-electron chi connectivity index (χ1n) is 6.80. The Morgan fingerprint density at radius 1 is 1.42 bits per heavy atom. The molecule has 4 atom stereocenters. The van der Waals surface area contributed by atoms with E-state index < -0.39 is 12.0 Å². The first-order valence-corrected chi connectivity index (χ1v) is 8.09. The van der Waals surface area contributed by atoms with Crippen molar-refractivity contribution in [2.45, 2.75) is 56.9 Å². The predicted molar refractivity (Wildman–Crippen MR) is 77.5 cm³/mol. The van der Waals surface area contributed by atoms with Crippen LogP contribution in [0.3, 0.4) is 0 Å². The number of carboxylic acid groups (broad SMARTS) is 1. The van der Waals surface area contributed by atoms with Crippen LogP contribution >= 0.6 is 11.8 Å². The number of hydrogen-bond acceptors (Lipinski definition) is 3. The van der Waals surface area contributed by atoms with Crippen LogP contribution in [0.2, 0.25) is 0 Å². The first-order chi connectivity index (χ1) is 8.97. The third kappa shape index (κ3) is 4.93. The summed E-state index contributed by atoms with van der Waals surface area (Å²) in [4.78, 5) is 23.0. The summed E-state index contributed by atoms with van der Waals surface area (Å²) in [7, 11) is 0. The van der Waals surface area contributed by atoms with E-state index in [1.165, 1.54) is 0 Å². The molecular weight excluding hydrogens is 264 g/mol. The van der Waals surface area contributed by atoms with Crippen molar-refractivity contribution in [3.63, 3.8) is 0 Å². The fourth-order valence-corrected chi connectivity index (χ4v) is 3.13. The van der Waals surface area contributed by atoms with Crippen LogP contribution in [0.1, 0.15) is 39.5 Å². The molecule has 5 nitrogen and oxygen atoms in total. The lowest BCUT2D eigenvalue weighted by Crippen LogP contribution is -2.51. The molecule has 0 aliphatic heterocycles. The van der Waals surface area contributed by atoms with Crippen molar-refractivity contribution < 1.29 is 14.7 Å². The van der Waals surface area contributed by atoms with Gasteiger partial charge in [-0.3, -0.25) is 0 Å². The average Bonchev–Trinajstić information content (AvgIpc) is 2.82. The van der Waals surface area contributed by atoms with E-state index in [1.54, 1.807) is 0 Å². The van der Waals surface area contributed by atoms with Crippen molar-refractivity contribution in [2.24, 2.45) is 5.92 Å². The zero-order chi connectivity index (χ0) is 14.4. The molecule has 0 heterocycles. The van der Waals surface area contributed by atoms with Crippen molar-refractivity contribution in [3.8, 4) is 0 Å². The van der Waals surface area contributed by atoms with Gasteiger partial charge >= 0.3 is 12.0 Å². The quantitative estimate of drug-likeness (QED) is 0.699. The van der Waals surface area contributed by atoms with Crippen LogP contribution in [0.4, 0.5) is 4.79 Å². The number of carbonyl (C=O) groups excluding carboxylic acids is 1. The van der Waals surface area contributed by atoms with Gasteiger partial charge in [-0.25, -0.2) is 9.59 Å². The summed E-state index contributed by atoms with van der Waals surface area (Å²) < 4.78 is 0. The second-order valence-electron chi connectivity index (χ2n) is 5.19. The van der Waals surface area contributed by atoms with Gasteiger partial charge in [-0.15, -0.1) is 0 Å². The summed E-state index contributed by atoms with van der Waals surface area (Å²) in [6, 6.07) is -1.01. The fraction of sp³-hybridized carbons (Fsp3) is 0.846. The number of urea groups is 1. The zero-order valence-electron chi connectivity index (χ0n) is 11.8. The van der Waals surface area contributed by atoms with Crippen LogP contribution in [-0.4, -0.2) is 40.7 Å². The van der Waals surface area contributed by atoms with E-state index in [0.29, 0.717) is 5.25 Å². The minimum absolute atomic E-state index is 0.0780. The molecule has 1 aliphatic carbocycles. The minimum Gasteiger partial charge on any atom is -0.480 e. The van der Waals surface area contributed by atoms with E-state index >= 15 is 0 Å². The number of nitrogens with one attached hydrogen (secondary N) is 2. The molecule has 110 valence electrons. The molecule has 3 N–H and O–H groups in total. The molecular formula is C13H24N2O3S. The van der Waals surface area contributed by atoms with Crippen molar-refractivity contribution in [1.82, 2.24) is 10.6 Å². The topological polar surface area (TPSA) is 78.4 Å². The second kappa shape index (κ2) is 7.62. The molecule has 0 radical (unpaired) electrons. The van der Waals surface area contributed by atoms with Crippen molar-refractivity contribution in [3.05, 3.63) is 0 Å². The molecule has 1 aliphatic rings. The van der Waals surface area contributed by atoms with Crippen LogP contribution < -0.4 is 10.6 Å². The molecule has 0 bridgehead atoms. The van der Waals surface area contributed by atoms with Crippen LogP contribution in [0.25, 0.3) is 0 Å². The van der Waals surface area contributed by atoms with E-state index in [0.717, 1.165) is 25.7 Å². The molecule has 1 fully saturated rings. The first kappa shape index (κ1) is 16.1. The SMILES string of the molecule is CCC(C)[C@H](NC(=O)NC1CCC(SC)C1)C(=O)O. The number of amides is 2. The van der Waals surface area contributed by atoms with Gasteiger partial charge in [0.15, 0.2) is 0 Å². The van der Waals surface area contributed by atoms with Crippen molar-refractivity contribution in [1.29, 1.82) is 0 Å². The van der Waals surface area contributed by atoms with E-state index in [1.807, 2.05) is 25.6 Å². The van der Waals surface area contributed by atoms with E-state index in [9.17, 15) is 9.59 Å². The predicted octanol–water partition coefficient (Wildman–Crippen LogP) is 2.07. The molecule has 0 aromatic carbocycles. The maximum atomic E-state index is 11.8. The van der Waals surface area contributed by atoms with E-state index in [-0.39, 0.29) is 18.0 Å².